The van der Waals surface area contributed by atoms with Crippen molar-refractivity contribution in [2.24, 2.45) is 20.5 Å². The van der Waals surface area contributed by atoms with Crippen LogP contribution in [0.5, 0.6) is 11.5 Å². The first-order chi connectivity index (χ1) is 31.3. The summed E-state index contributed by atoms with van der Waals surface area (Å²) in [4.78, 5) is -0.832. The second-order valence-electron chi connectivity index (χ2n) is 15.6. The fourth-order valence-electron chi connectivity index (χ4n) is 7.37. The molecular weight excluding hydrogens is 901 g/mol. The van der Waals surface area contributed by atoms with Crippen LogP contribution >= 0.6 is 0 Å². The molecule has 0 aromatic heterocycles. The molecule has 0 aliphatic carbocycles. The van der Waals surface area contributed by atoms with Gasteiger partial charge in [0.05, 0.1) is 11.4 Å². The summed E-state index contributed by atoms with van der Waals surface area (Å²) in [6.07, 6.45) is 0. The van der Waals surface area contributed by atoms with Gasteiger partial charge in [-0.1, -0.05) is 105 Å². The van der Waals surface area contributed by atoms with E-state index >= 15 is 0 Å². The molecule has 0 amide bonds. The molecule has 8 aromatic carbocycles. The largest absolute Gasteiger partial charge is 0.397 e. The summed E-state index contributed by atoms with van der Waals surface area (Å²) in [5.41, 5.74) is 15.4. The zero-order valence-corrected chi connectivity index (χ0v) is 37.8. The first-order valence-corrected chi connectivity index (χ1v) is 24.3. The van der Waals surface area contributed by atoms with E-state index in [-0.39, 0.29) is 59.7 Å². The van der Waals surface area contributed by atoms with Crippen molar-refractivity contribution in [2.75, 3.05) is 11.5 Å². The number of rotatable bonds is 13. The van der Waals surface area contributed by atoms with Crippen molar-refractivity contribution >= 4 is 86.0 Å². The molecule has 0 saturated carbocycles. The number of aryl methyl sites for hydroxylation is 1. The molecule has 8 aromatic rings. The van der Waals surface area contributed by atoms with E-state index in [1.165, 1.54) is 66.7 Å². The maximum absolute atomic E-state index is 13.7. The predicted octanol–water partition coefficient (Wildman–Crippen LogP) is 11.4. The fourth-order valence-corrected chi connectivity index (χ4v) is 10.2. The second kappa shape index (κ2) is 17.5. The van der Waals surface area contributed by atoms with Crippen molar-refractivity contribution in [2.45, 2.75) is 40.9 Å². The number of benzene rings is 8. The lowest BCUT2D eigenvalue weighted by Gasteiger charge is -2.26. The number of hydrogen-bond acceptors (Lipinski definition) is 14. The summed E-state index contributed by atoms with van der Waals surface area (Å²) in [6, 6.07) is 41.3. The van der Waals surface area contributed by atoms with Gasteiger partial charge in [0.25, 0.3) is 10.1 Å². The van der Waals surface area contributed by atoms with E-state index < -0.39 is 35.8 Å². The first kappa shape index (κ1) is 45.1. The lowest BCUT2D eigenvalue weighted by molar-refractivity contribution is 0.482. The highest BCUT2D eigenvalue weighted by atomic mass is 32.2. The van der Waals surface area contributed by atoms with Gasteiger partial charge in [0, 0.05) is 21.6 Å². The van der Waals surface area contributed by atoms with Gasteiger partial charge in [-0.15, -0.1) is 20.5 Å². The van der Waals surface area contributed by atoms with Crippen molar-refractivity contribution in [1.82, 2.24) is 0 Å². The van der Waals surface area contributed by atoms with Gasteiger partial charge >= 0.3 is 20.2 Å². The van der Waals surface area contributed by atoms with E-state index in [0.717, 1.165) is 27.5 Å². The van der Waals surface area contributed by atoms with Gasteiger partial charge in [0.15, 0.2) is 0 Å². The van der Waals surface area contributed by atoms with Gasteiger partial charge < -0.3 is 19.8 Å². The molecule has 0 saturated heterocycles. The molecule has 0 spiro atoms. The van der Waals surface area contributed by atoms with Gasteiger partial charge in [0.1, 0.15) is 48.9 Å². The van der Waals surface area contributed by atoms with E-state index in [4.69, 9.17) is 19.8 Å². The van der Waals surface area contributed by atoms with Crippen LogP contribution in [0.4, 0.5) is 34.1 Å². The summed E-state index contributed by atoms with van der Waals surface area (Å²) in [5.74, 6) is 0.0810. The van der Waals surface area contributed by atoms with Crippen LogP contribution in [0.1, 0.15) is 30.5 Å². The molecular formula is C48H40N6O9S3. The molecule has 0 fully saturated rings. The minimum Gasteiger partial charge on any atom is -0.397 e. The Bertz CT molecular complexity index is 3600. The second-order valence-corrected chi connectivity index (χ2v) is 20.0. The molecule has 8 rings (SSSR count). The molecule has 18 heteroatoms. The SMILES string of the molecule is Cc1cccc2c(N=Nc3ccccc3S(=O)(=O)Oc3ccc(C(C)(C)c4ccc(OS(=O)(=O)c5ccccc5N=Nc5c(N)ccc6c(S(=O)(=O)O)cccc56)cc4)cc3)c(N)ccc12. The number of nitrogens with zero attached hydrogens (tertiary/aromatic N) is 4. The average molecular weight is 941 g/mol. The molecule has 66 heavy (non-hydrogen) atoms. The quantitative estimate of drug-likeness (QED) is 0.0425. The number of fused-ring (bicyclic) bond motifs is 2. The highest BCUT2D eigenvalue weighted by Gasteiger charge is 2.27. The number of hydrogen-bond donors (Lipinski definition) is 3. The van der Waals surface area contributed by atoms with E-state index in [1.807, 2.05) is 45.0 Å². The van der Waals surface area contributed by atoms with E-state index in [2.05, 4.69) is 20.5 Å². The Morgan fingerprint density at radius 3 is 1.33 bits per heavy atom. The third kappa shape index (κ3) is 9.07. The molecule has 15 nitrogen and oxygen atoms in total. The van der Waals surface area contributed by atoms with Gasteiger partial charge in [0.2, 0.25) is 0 Å². The van der Waals surface area contributed by atoms with Gasteiger partial charge in [-0.2, -0.15) is 25.3 Å². The van der Waals surface area contributed by atoms with Crippen LogP contribution in [-0.2, 0) is 35.8 Å². The minimum absolute atomic E-state index is 0.0155. The Morgan fingerprint density at radius 2 is 0.864 bits per heavy atom. The van der Waals surface area contributed by atoms with E-state index in [0.29, 0.717) is 11.4 Å². The molecule has 334 valence electrons. The van der Waals surface area contributed by atoms with Crippen LogP contribution in [0.15, 0.2) is 193 Å². The molecule has 0 atom stereocenters. The fraction of sp³-hybridized carbons (Fsp3) is 0.0833. The van der Waals surface area contributed by atoms with Gasteiger partial charge in [-0.05, 0) is 95.7 Å². The summed E-state index contributed by atoms with van der Waals surface area (Å²) < 4.78 is 99.4. The van der Waals surface area contributed by atoms with E-state index in [9.17, 15) is 29.8 Å². The number of nitrogen functional groups attached to an aromatic ring is 2. The Labute approximate surface area is 381 Å². The zero-order chi connectivity index (χ0) is 47.0. The Kier molecular flexibility index (Phi) is 11.9. The van der Waals surface area contributed by atoms with Crippen molar-refractivity contribution in [3.05, 3.63) is 174 Å². The third-order valence-corrected chi connectivity index (χ3v) is 14.4. The standard InChI is InChI=1S/C48H40N6O9S3/c1-30-10-8-11-37-35(30)26-28-39(49)46(37)53-51-41-13-4-6-15-44(41)65(58,59)62-33-22-18-31(19-23-33)48(2,3)32-20-24-34(25-21-32)63-66(60,61)45-16-7-5-14-42(45)52-54-47-38-12-9-17-43(64(55,56)57)36(38)27-29-40(47)50/h4-29H,49-50H2,1-3H3,(H,55,56,57). The van der Waals surface area contributed by atoms with Crippen LogP contribution in [0, 0.1) is 6.92 Å². The summed E-state index contributed by atoms with van der Waals surface area (Å²) >= 11 is 0. The van der Waals surface area contributed by atoms with Crippen molar-refractivity contribution in [3.8, 4) is 11.5 Å². The average Bonchev–Trinajstić information content (AvgIpc) is 3.28. The molecule has 0 bridgehead atoms. The number of nitrogens with two attached hydrogens (primary N) is 2. The van der Waals surface area contributed by atoms with Gasteiger partial charge in [-0.25, -0.2) is 0 Å². The molecule has 0 aliphatic heterocycles. The number of azo groups is 2. The third-order valence-electron chi connectivity index (χ3n) is 10.9. The lowest BCUT2D eigenvalue weighted by atomic mass is 9.78. The van der Waals surface area contributed by atoms with Gasteiger partial charge in [-0.3, -0.25) is 4.55 Å². The van der Waals surface area contributed by atoms with Crippen LogP contribution in [0.2, 0.25) is 0 Å². The summed E-state index contributed by atoms with van der Waals surface area (Å²) in [5, 5.41) is 19.2. The van der Waals surface area contributed by atoms with Crippen LogP contribution in [-0.4, -0.2) is 29.8 Å². The highest BCUT2D eigenvalue weighted by molar-refractivity contribution is 7.87. The maximum atomic E-state index is 13.7. The highest BCUT2D eigenvalue weighted by Crippen LogP contribution is 2.40. The first-order valence-electron chi connectivity index (χ1n) is 20.0. The van der Waals surface area contributed by atoms with Crippen molar-refractivity contribution in [3.63, 3.8) is 0 Å². The summed E-state index contributed by atoms with van der Waals surface area (Å²) in [6.45, 7) is 5.87. The molecule has 0 heterocycles. The predicted molar refractivity (Wildman–Crippen MR) is 253 cm³/mol. The molecule has 5 N–H and O–H groups in total. The summed E-state index contributed by atoms with van der Waals surface area (Å²) in [7, 11) is -13.4. The minimum atomic E-state index is -4.58. The van der Waals surface area contributed by atoms with Crippen LogP contribution < -0.4 is 19.8 Å². The number of anilines is 2. The van der Waals surface area contributed by atoms with Crippen LogP contribution in [0.3, 0.4) is 0 Å². The molecule has 0 aliphatic rings. The van der Waals surface area contributed by atoms with E-state index in [1.54, 1.807) is 66.7 Å². The Morgan fingerprint density at radius 1 is 0.455 bits per heavy atom. The molecule has 0 radical (unpaired) electrons. The Balaban J connectivity index is 0.974. The lowest BCUT2D eigenvalue weighted by Crippen LogP contribution is -2.19. The smallest absolute Gasteiger partial charge is 0.341 e. The van der Waals surface area contributed by atoms with Crippen molar-refractivity contribution in [1.29, 1.82) is 0 Å². The monoisotopic (exact) mass is 940 g/mol. The topological polar surface area (TPSA) is 243 Å². The molecule has 0 unspecified atom stereocenters. The maximum Gasteiger partial charge on any atom is 0.341 e. The van der Waals surface area contributed by atoms with Crippen LogP contribution in [0.25, 0.3) is 21.5 Å². The normalized spacial score (nSPS) is 12.6. The zero-order valence-electron chi connectivity index (χ0n) is 35.4. The van der Waals surface area contributed by atoms with Crippen molar-refractivity contribution < 1.29 is 38.2 Å². The Hall–Kier alpha value is -7.51.